The van der Waals surface area contributed by atoms with Crippen molar-refractivity contribution in [1.29, 1.82) is 0 Å². The van der Waals surface area contributed by atoms with Crippen LogP contribution in [0.2, 0.25) is 0 Å². The topological polar surface area (TPSA) is 52.6 Å². The predicted octanol–water partition coefficient (Wildman–Crippen LogP) is 0.969. The van der Waals surface area contributed by atoms with Gasteiger partial charge in [0.2, 0.25) is 0 Å². The molecule has 0 aliphatic carbocycles. The molecule has 0 amide bonds. The summed E-state index contributed by atoms with van der Waals surface area (Å²) < 4.78 is 8.86. The van der Waals surface area contributed by atoms with Crippen LogP contribution in [0.3, 0.4) is 0 Å². The zero-order chi connectivity index (χ0) is 10.3. The van der Waals surface area contributed by atoms with Crippen LogP contribution in [-0.2, 0) is 19.1 Å². The van der Waals surface area contributed by atoms with Crippen molar-refractivity contribution in [2.75, 3.05) is 20.0 Å². The van der Waals surface area contributed by atoms with Crippen LogP contribution in [0.5, 0.6) is 0 Å². The highest BCUT2D eigenvalue weighted by Crippen LogP contribution is 2.16. The lowest BCUT2D eigenvalue weighted by molar-refractivity contribution is -0.137. The highest BCUT2D eigenvalue weighted by Gasteiger charge is 2.11. The van der Waals surface area contributed by atoms with E-state index in [0.29, 0.717) is 5.75 Å². The Morgan fingerprint density at radius 1 is 1.31 bits per heavy atom. The second-order valence-electron chi connectivity index (χ2n) is 1.96. The van der Waals surface area contributed by atoms with E-state index in [1.165, 1.54) is 26.0 Å². The summed E-state index contributed by atoms with van der Waals surface area (Å²) in [7, 11) is 2.52. The quantitative estimate of drug-likeness (QED) is 0.504. The van der Waals surface area contributed by atoms with E-state index in [1.807, 2.05) is 6.92 Å². The van der Waals surface area contributed by atoms with E-state index >= 15 is 0 Å². The van der Waals surface area contributed by atoms with Crippen molar-refractivity contribution in [1.82, 2.24) is 0 Å². The minimum atomic E-state index is -0.554. The van der Waals surface area contributed by atoms with Crippen molar-refractivity contribution in [3.63, 3.8) is 0 Å². The fourth-order valence-corrected chi connectivity index (χ4v) is 1.27. The molecular weight excluding hydrogens is 192 g/mol. The lowest BCUT2D eigenvalue weighted by Gasteiger charge is -2.01. The molecule has 5 heteroatoms. The molecule has 0 spiro atoms. The van der Waals surface area contributed by atoms with Crippen LogP contribution < -0.4 is 0 Å². The van der Waals surface area contributed by atoms with Gasteiger partial charge < -0.3 is 9.47 Å². The van der Waals surface area contributed by atoms with E-state index in [4.69, 9.17) is 0 Å². The molecule has 0 bridgehead atoms. The monoisotopic (exact) mass is 204 g/mol. The third-order valence-corrected chi connectivity index (χ3v) is 2.02. The van der Waals surface area contributed by atoms with Crippen molar-refractivity contribution in [2.24, 2.45) is 0 Å². The molecule has 0 radical (unpaired) electrons. The summed E-state index contributed by atoms with van der Waals surface area (Å²) in [4.78, 5) is 22.1. The molecule has 0 aliphatic rings. The summed E-state index contributed by atoms with van der Waals surface area (Å²) in [6, 6.07) is 0. The first-order valence-electron chi connectivity index (χ1n) is 3.66. The number of carbonyl (C=O) groups is 2. The van der Waals surface area contributed by atoms with Gasteiger partial charge in [-0.1, -0.05) is 6.92 Å². The molecule has 74 valence electrons. The summed E-state index contributed by atoms with van der Waals surface area (Å²) in [6.07, 6.45) is 1.12. The molecule has 0 aromatic heterocycles. The molecule has 0 heterocycles. The summed E-state index contributed by atoms with van der Waals surface area (Å²) in [5, 5.41) is 0. The maximum Gasteiger partial charge on any atom is 0.344 e. The first-order valence-corrected chi connectivity index (χ1v) is 4.65. The number of methoxy groups -OCH3 is 2. The molecular formula is C8H12O4S. The third kappa shape index (κ3) is 4.57. The van der Waals surface area contributed by atoms with E-state index < -0.39 is 11.9 Å². The minimum absolute atomic E-state index is 0.261. The Balaban J connectivity index is 4.48. The van der Waals surface area contributed by atoms with Gasteiger partial charge in [-0.2, -0.15) is 0 Å². The minimum Gasteiger partial charge on any atom is -0.466 e. The number of hydrogen-bond donors (Lipinski definition) is 0. The van der Waals surface area contributed by atoms with Crippen molar-refractivity contribution < 1.29 is 19.1 Å². The Hall–Kier alpha value is -0.970. The van der Waals surface area contributed by atoms with Gasteiger partial charge in [-0.05, 0) is 5.75 Å². The molecule has 0 atom stereocenters. The normalized spacial score (nSPS) is 10.8. The van der Waals surface area contributed by atoms with Gasteiger partial charge in [0.15, 0.2) is 0 Å². The van der Waals surface area contributed by atoms with Gasteiger partial charge >= 0.3 is 11.9 Å². The summed E-state index contributed by atoms with van der Waals surface area (Å²) in [5.74, 6) is -0.378. The van der Waals surface area contributed by atoms with Gasteiger partial charge in [-0.15, -0.1) is 11.8 Å². The zero-order valence-electron chi connectivity index (χ0n) is 7.83. The predicted molar refractivity (Wildman–Crippen MR) is 50.2 cm³/mol. The maximum absolute atomic E-state index is 11.0. The molecule has 0 N–H and O–H groups in total. The lowest BCUT2D eigenvalue weighted by Crippen LogP contribution is -2.06. The van der Waals surface area contributed by atoms with Crippen LogP contribution in [0.15, 0.2) is 11.0 Å². The first-order chi connectivity index (χ1) is 6.15. The van der Waals surface area contributed by atoms with E-state index in [9.17, 15) is 9.59 Å². The van der Waals surface area contributed by atoms with Gasteiger partial charge in [0.25, 0.3) is 0 Å². The van der Waals surface area contributed by atoms with Crippen molar-refractivity contribution in [3.05, 3.63) is 11.0 Å². The molecule has 0 aliphatic heterocycles. The van der Waals surface area contributed by atoms with E-state index in [-0.39, 0.29) is 4.91 Å². The van der Waals surface area contributed by atoms with Crippen molar-refractivity contribution in [2.45, 2.75) is 6.92 Å². The Labute approximate surface area is 81.3 Å². The number of carbonyl (C=O) groups excluding carboxylic acids is 2. The summed E-state index contributed by atoms with van der Waals surface area (Å²) in [6.45, 7) is 1.87. The number of thioether (sulfide) groups is 1. The fraction of sp³-hybridized carbons (Fsp3) is 0.500. The zero-order valence-corrected chi connectivity index (χ0v) is 8.64. The Morgan fingerprint density at radius 3 is 2.31 bits per heavy atom. The average Bonchev–Trinajstić information content (AvgIpc) is 2.15. The molecule has 0 saturated heterocycles. The lowest BCUT2D eigenvalue weighted by atomic mass is 10.5. The number of ether oxygens (including phenoxy) is 2. The van der Waals surface area contributed by atoms with Gasteiger partial charge in [-0.3, -0.25) is 0 Å². The second-order valence-corrected chi connectivity index (χ2v) is 3.26. The van der Waals surface area contributed by atoms with Crippen LogP contribution in [0.25, 0.3) is 0 Å². The van der Waals surface area contributed by atoms with Crippen LogP contribution >= 0.6 is 11.8 Å². The van der Waals surface area contributed by atoms with Crippen LogP contribution in [-0.4, -0.2) is 31.9 Å². The highest BCUT2D eigenvalue weighted by atomic mass is 32.2. The number of esters is 2. The number of rotatable bonds is 4. The molecule has 0 saturated carbocycles. The molecule has 0 fully saturated rings. The summed E-state index contributed by atoms with van der Waals surface area (Å²) >= 11 is 1.24. The van der Waals surface area contributed by atoms with Crippen LogP contribution in [0.4, 0.5) is 0 Å². The average molecular weight is 204 g/mol. The first kappa shape index (κ1) is 12.0. The second kappa shape index (κ2) is 6.54. The molecule has 0 aromatic carbocycles. The van der Waals surface area contributed by atoms with E-state index in [0.717, 1.165) is 6.08 Å². The third-order valence-electron chi connectivity index (χ3n) is 1.14. The SMILES string of the molecule is CCS/C(=C/C(=O)OC)C(=O)OC. The maximum atomic E-state index is 11.0. The molecule has 0 unspecified atom stereocenters. The van der Waals surface area contributed by atoms with Crippen LogP contribution in [0, 0.1) is 0 Å². The van der Waals surface area contributed by atoms with Gasteiger partial charge in [0, 0.05) is 6.08 Å². The van der Waals surface area contributed by atoms with E-state index in [2.05, 4.69) is 9.47 Å². The van der Waals surface area contributed by atoms with Gasteiger partial charge in [0.1, 0.15) is 0 Å². The standard InChI is InChI=1S/C8H12O4S/c1-4-13-6(8(10)12-3)5-7(9)11-2/h5H,4H2,1-3H3/b6-5+. The van der Waals surface area contributed by atoms with Gasteiger partial charge in [-0.25, -0.2) is 9.59 Å². The largest absolute Gasteiger partial charge is 0.466 e. The fourth-order valence-electron chi connectivity index (χ4n) is 0.582. The summed E-state index contributed by atoms with van der Waals surface area (Å²) in [5.41, 5.74) is 0. The Kier molecular flexibility index (Phi) is 6.05. The molecule has 13 heavy (non-hydrogen) atoms. The molecule has 0 rings (SSSR count). The molecule has 0 aromatic rings. The smallest absolute Gasteiger partial charge is 0.344 e. The Morgan fingerprint density at radius 2 is 1.92 bits per heavy atom. The Bertz CT molecular complexity index is 222. The van der Waals surface area contributed by atoms with Gasteiger partial charge in [0.05, 0.1) is 19.1 Å². The van der Waals surface area contributed by atoms with Crippen LogP contribution in [0.1, 0.15) is 6.92 Å². The van der Waals surface area contributed by atoms with Crippen molar-refractivity contribution >= 4 is 23.7 Å². The van der Waals surface area contributed by atoms with Crippen molar-refractivity contribution in [3.8, 4) is 0 Å². The van der Waals surface area contributed by atoms with E-state index in [1.54, 1.807) is 0 Å². The molecule has 4 nitrogen and oxygen atoms in total. The number of hydrogen-bond acceptors (Lipinski definition) is 5. The highest BCUT2D eigenvalue weighted by molar-refractivity contribution is 8.03.